The van der Waals surface area contributed by atoms with Crippen LogP contribution in [0.25, 0.3) is 21.8 Å². The van der Waals surface area contributed by atoms with Gasteiger partial charge in [-0.05, 0) is 18.2 Å². The highest BCUT2D eigenvalue weighted by atomic mass is 28.2. The third-order valence-corrected chi connectivity index (χ3v) is 6.09. The van der Waals surface area contributed by atoms with Crippen LogP contribution in [0.5, 0.6) is 0 Å². The molecule has 0 bridgehead atoms. The Morgan fingerprint density at radius 2 is 1.18 bits per heavy atom. The lowest BCUT2D eigenvalue weighted by molar-refractivity contribution is 0.823. The van der Waals surface area contributed by atoms with Crippen LogP contribution >= 0.6 is 0 Å². The van der Waals surface area contributed by atoms with Gasteiger partial charge in [0.15, 0.2) is 0 Å². The maximum Gasteiger partial charge on any atom is 0.0565 e. The standard InChI is InChI=1S/C20H19NSi/c1-2-8-16(9-3-1)22-15-14-21-19-12-6-4-10-17(19)18-11-5-7-13-20(18)21/h1-13H,14-15,22H2. The predicted octanol–water partition coefficient (Wildman–Crippen LogP) is 3.71. The van der Waals surface area contributed by atoms with Gasteiger partial charge in [-0.2, -0.15) is 0 Å². The number of aromatic nitrogens is 1. The van der Waals surface area contributed by atoms with Crippen molar-refractivity contribution >= 4 is 36.5 Å². The van der Waals surface area contributed by atoms with E-state index in [1.807, 2.05) is 0 Å². The first kappa shape index (κ1) is 13.3. The van der Waals surface area contributed by atoms with Crippen molar-refractivity contribution in [2.45, 2.75) is 12.6 Å². The van der Waals surface area contributed by atoms with Crippen LogP contribution in [0.3, 0.4) is 0 Å². The highest BCUT2D eigenvalue weighted by Crippen LogP contribution is 2.28. The van der Waals surface area contributed by atoms with E-state index in [-0.39, 0.29) is 9.52 Å². The molecule has 22 heavy (non-hydrogen) atoms. The van der Waals surface area contributed by atoms with Gasteiger partial charge in [-0.1, -0.05) is 71.9 Å². The molecule has 0 fully saturated rings. The normalized spacial score (nSPS) is 11.8. The van der Waals surface area contributed by atoms with Gasteiger partial charge >= 0.3 is 0 Å². The number of fused-ring (bicyclic) bond motifs is 3. The summed E-state index contributed by atoms with van der Waals surface area (Å²) in [4.78, 5) is 0. The summed E-state index contributed by atoms with van der Waals surface area (Å²) in [5.74, 6) is 0. The van der Waals surface area contributed by atoms with E-state index in [0.29, 0.717) is 0 Å². The predicted molar refractivity (Wildman–Crippen MR) is 98.9 cm³/mol. The fourth-order valence-electron chi connectivity index (χ4n) is 3.33. The van der Waals surface area contributed by atoms with Crippen LogP contribution < -0.4 is 5.19 Å². The Morgan fingerprint density at radius 3 is 1.82 bits per heavy atom. The molecular weight excluding hydrogens is 282 g/mol. The Balaban J connectivity index is 1.68. The third kappa shape index (κ3) is 2.36. The summed E-state index contributed by atoms with van der Waals surface area (Å²) in [6, 6.07) is 29.8. The van der Waals surface area contributed by atoms with Crippen LogP contribution in [0.1, 0.15) is 0 Å². The topological polar surface area (TPSA) is 4.93 Å². The molecule has 108 valence electrons. The molecule has 1 nitrogen and oxygen atoms in total. The zero-order valence-corrected chi connectivity index (χ0v) is 14.0. The van der Waals surface area contributed by atoms with Crippen LogP contribution in [-0.4, -0.2) is 14.1 Å². The summed E-state index contributed by atoms with van der Waals surface area (Å²) in [6.45, 7) is 1.12. The van der Waals surface area contributed by atoms with E-state index < -0.39 is 0 Å². The second-order valence-corrected chi connectivity index (χ2v) is 7.80. The zero-order valence-electron chi connectivity index (χ0n) is 12.6. The largest absolute Gasteiger partial charge is 0.341 e. The van der Waals surface area contributed by atoms with E-state index in [1.54, 1.807) is 5.19 Å². The molecule has 1 aromatic heterocycles. The first-order chi connectivity index (χ1) is 10.9. The zero-order chi connectivity index (χ0) is 14.8. The second-order valence-electron chi connectivity index (χ2n) is 5.78. The molecule has 0 radical (unpaired) electrons. The first-order valence-corrected chi connectivity index (χ1v) is 9.64. The minimum Gasteiger partial charge on any atom is -0.341 e. The second kappa shape index (κ2) is 5.82. The van der Waals surface area contributed by atoms with E-state index in [2.05, 4.69) is 83.4 Å². The number of para-hydroxylation sites is 2. The number of aryl methyl sites for hydroxylation is 1. The van der Waals surface area contributed by atoms with Crippen LogP contribution in [0.15, 0.2) is 78.9 Å². The van der Waals surface area contributed by atoms with E-state index >= 15 is 0 Å². The average molecular weight is 301 g/mol. The van der Waals surface area contributed by atoms with E-state index in [4.69, 9.17) is 0 Å². The van der Waals surface area contributed by atoms with Crippen molar-refractivity contribution in [3.05, 3.63) is 78.9 Å². The molecule has 4 aromatic rings. The van der Waals surface area contributed by atoms with E-state index in [9.17, 15) is 0 Å². The Kier molecular flexibility index (Phi) is 3.53. The lowest BCUT2D eigenvalue weighted by atomic mass is 10.2. The molecule has 3 aromatic carbocycles. The summed E-state index contributed by atoms with van der Waals surface area (Å²) >= 11 is 0. The van der Waals surface area contributed by atoms with Crippen LogP contribution in [0, 0.1) is 0 Å². The number of benzene rings is 3. The van der Waals surface area contributed by atoms with Gasteiger partial charge in [0, 0.05) is 28.4 Å². The minimum absolute atomic E-state index is 0.187. The molecular formula is C20H19NSi. The van der Waals surface area contributed by atoms with Crippen molar-refractivity contribution in [1.29, 1.82) is 0 Å². The Morgan fingerprint density at radius 1 is 0.636 bits per heavy atom. The van der Waals surface area contributed by atoms with E-state index in [0.717, 1.165) is 6.54 Å². The molecule has 0 aliphatic carbocycles. The van der Waals surface area contributed by atoms with Gasteiger partial charge in [0.2, 0.25) is 0 Å². The fourth-order valence-corrected chi connectivity index (χ4v) is 4.82. The van der Waals surface area contributed by atoms with Crippen molar-refractivity contribution in [2.75, 3.05) is 0 Å². The molecule has 0 aliphatic rings. The maximum atomic E-state index is 2.50. The van der Waals surface area contributed by atoms with Crippen molar-refractivity contribution < 1.29 is 0 Å². The van der Waals surface area contributed by atoms with Crippen LogP contribution in [0.2, 0.25) is 6.04 Å². The molecule has 0 N–H and O–H groups in total. The number of hydrogen-bond acceptors (Lipinski definition) is 0. The smallest absolute Gasteiger partial charge is 0.0565 e. The van der Waals surface area contributed by atoms with Gasteiger partial charge < -0.3 is 4.57 Å². The van der Waals surface area contributed by atoms with Crippen LogP contribution in [-0.2, 0) is 6.54 Å². The van der Waals surface area contributed by atoms with Gasteiger partial charge in [-0.25, -0.2) is 0 Å². The third-order valence-electron chi connectivity index (χ3n) is 4.37. The van der Waals surface area contributed by atoms with Crippen LogP contribution in [0.4, 0.5) is 0 Å². The molecule has 2 heteroatoms. The molecule has 0 aliphatic heterocycles. The summed E-state index contributed by atoms with van der Waals surface area (Å²) in [7, 11) is -0.187. The summed E-state index contributed by atoms with van der Waals surface area (Å²) in [6.07, 6.45) is 0. The molecule has 1 heterocycles. The SMILES string of the molecule is c1ccc([SiH2]CCn2c3ccccc3c3ccccc32)cc1. The molecule has 0 unspecified atom stereocenters. The maximum absolute atomic E-state index is 2.50. The van der Waals surface area contributed by atoms with Gasteiger partial charge in [-0.3, -0.25) is 0 Å². The molecule has 0 atom stereocenters. The summed E-state index contributed by atoms with van der Waals surface area (Å²) in [5, 5.41) is 4.31. The van der Waals surface area contributed by atoms with Gasteiger partial charge in [0.25, 0.3) is 0 Å². The number of hydrogen-bond donors (Lipinski definition) is 0. The van der Waals surface area contributed by atoms with Gasteiger partial charge in [0.05, 0.1) is 9.52 Å². The molecule has 0 saturated heterocycles. The number of rotatable bonds is 4. The Hall–Kier alpha value is -2.32. The molecule has 0 spiro atoms. The Bertz CT molecular complexity index is 855. The summed E-state index contributed by atoms with van der Waals surface area (Å²) < 4.78 is 2.50. The molecule has 0 amide bonds. The van der Waals surface area contributed by atoms with E-state index in [1.165, 1.54) is 27.8 Å². The van der Waals surface area contributed by atoms with Crippen molar-refractivity contribution in [3.8, 4) is 0 Å². The van der Waals surface area contributed by atoms with Crippen molar-refractivity contribution in [2.24, 2.45) is 0 Å². The minimum atomic E-state index is -0.187. The Labute approximate surface area is 133 Å². The average Bonchev–Trinajstić information content (AvgIpc) is 2.91. The highest BCUT2D eigenvalue weighted by molar-refractivity contribution is 6.53. The van der Waals surface area contributed by atoms with Gasteiger partial charge in [-0.15, -0.1) is 0 Å². The quantitative estimate of drug-likeness (QED) is 0.506. The molecule has 4 rings (SSSR count). The van der Waals surface area contributed by atoms with Gasteiger partial charge in [0.1, 0.15) is 0 Å². The lowest BCUT2D eigenvalue weighted by Crippen LogP contribution is -2.14. The first-order valence-electron chi connectivity index (χ1n) is 7.93. The number of nitrogens with zero attached hydrogens (tertiary/aromatic N) is 1. The monoisotopic (exact) mass is 301 g/mol. The fraction of sp³-hybridized carbons (Fsp3) is 0.100. The van der Waals surface area contributed by atoms with Crippen molar-refractivity contribution in [3.63, 3.8) is 0 Å². The van der Waals surface area contributed by atoms with Crippen molar-refractivity contribution in [1.82, 2.24) is 4.57 Å². The lowest BCUT2D eigenvalue weighted by Gasteiger charge is -2.07. The summed E-state index contributed by atoms with van der Waals surface area (Å²) in [5.41, 5.74) is 2.73. The molecule has 0 saturated carbocycles. The highest BCUT2D eigenvalue weighted by Gasteiger charge is 2.08.